The molecule has 0 saturated heterocycles. The first-order valence-electron chi connectivity index (χ1n) is 9.64. The topological polar surface area (TPSA) is 95.7 Å². The highest BCUT2D eigenvalue weighted by Crippen LogP contribution is 2.16. The monoisotopic (exact) mass is 390 g/mol. The number of benzene rings is 1. The van der Waals surface area contributed by atoms with Gasteiger partial charge in [0.2, 0.25) is 17.7 Å². The minimum atomic E-state index is -0.745. The Labute approximate surface area is 168 Å². The minimum absolute atomic E-state index is 0.218. The van der Waals surface area contributed by atoms with Crippen LogP contribution < -0.4 is 11.1 Å². The first kappa shape index (κ1) is 23.6. The Morgan fingerprint density at radius 1 is 0.964 bits per heavy atom. The second-order valence-corrected chi connectivity index (χ2v) is 7.65. The molecule has 7 heteroatoms. The van der Waals surface area contributed by atoms with Crippen molar-refractivity contribution in [3.05, 3.63) is 35.9 Å². The molecular formula is C21H34N4O3. The number of carbonyl (C=O) groups is 3. The van der Waals surface area contributed by atoms with Crippen molar-refractivity contribution in [2.75, 3.05) is 21.1 Å². The number of nitrogens with zero attached hydrogens (tertiary/aromatic N) is 2. The van der Waals surface area contributed by atoms with Crippen molar-refractivity contribution in [2.45, 2.75) is 51.7 Å². The summed E-state index contributed by atoms with van der Waals surface area (Å²) in [6, 6.07) is 7.43. The van der Waals surface area contributed by atoms with Crippen LogP contribution in [0.4, 0.5) is 0 Å². The molecule has 0 radical (unpaired) electrons. The molecule has 28 heavy (non-hydrogen) atoms. The number of nitrogens with two attached hydrogens (primary N) is 1. The van der Waals surface area contributed by atoms with Crippen LogP contribution in [0.5, 0.6) is 0 Å². The Morgan fingerprint density at radius 2 is 1.50 bits per heavy atom. The number of hydrogen-bond donors (Lipinski definition) is 2. The van der Waals surface area contributed by atoms with Gasteiger partial charge in [-0.3, -0.25) is 14.4 Å². The number of nitrogens with one attached hydrogen (secondary N) is 1. The number of hydrogen-bond acceptors (Lipinski definition) is 4. The molecule has 0 spiro atoms. The van der Waals surface area contributed by atoms with Gasteiger partial charge in [0.15, 0.2) is 0 Å². The fraction of sp³-hybridized carbons (Fsp3) is 0.571. The molecule has 0 aliphatic rings. The third-order valence-corrected chi connectivity index (χ3v) is 4.82. The van der Waals surface area contributed by atoms with Crippen molar-refractivity contribution in [3.8, 4) is 0 Å². The van der Waals surface area contributed by atoms with E-state index < -0.39 is 18.1 Å². The summed E-state index contributed by atoms with van der Waals surface area (Å²) in [6.45, 7) is 5.60. The summed E-state index contributed by atoms with van der Waals surface area (Å²) >= 11 is 0. The molecule has 0 aliphatic heterocycles. The molecule has 156 valence electrons. The van der Waals surface area contributed by atoms with Crippen molar-refractivity contribution in [3.63, 3.8) is 0 Å². The molecule has 3 N–H and O–H groups in total. The Kier molecular flexibility index (Phi) is 9.12. The molecule has 3 atom stereocenters. The van der Waals surface area contributed by atoms with Crippen LogP contribution in [0.1, 0.15) is 32.8 Å². The molecule has 1 rings (SSSR count). The van der Waals surface area contributed by atoms with Gasteiger partial charge in [-0.2, -0.15) is 0 Å². The normalized spacial score (nSPS) is 14.1. The average Bonchev–Trinajstić information content (AvgIpc) is 2.68. The van der Waals surface area contributed by atoms with Crippen molar-refractivity contribution in [1.29, 1.82) is 0 Å². The molecule has 1 aromatic rings. The zero-order valence-electron chi connectivity index (χ0n) is 17.8. The third kappa shape index (κ3) is 6.34. The molecule has 0 aromatic heterocycles. The average molecular weight is 391 g/mol. The van der Waals surface area contributed by atoms with Crippen molar-refractivity contribution < 1.29 is 14.4 Å². The van der Waals surface area contributed by atoms with Crippen LogP contribution in [0.15, 0.2) is 30.3 Å². The van der Waals surface area contributed by atoms with Crippen LogP contribution in [0.25, 0.3) is 0 Å². The third-order valence-electron chi connectivity index (χ3n) is 4.82. The molecule has 0 fully saturated rings. The maximum atomic E-state index is 13.4. The zero-order valence-corrected chi connectivity index (χ0v) is 17.8. The molecule has 0 bridgehead atoms. The highest BCUT2D eigenvalue weighted by molar-refractivity contribution is 5.93. The first-order valence-corrected chi connectivity index (χ1v) is 9.64. The van der Waals surface area contributed by atoms with Gasteiger partial charge in [0, 0.05) is 27.6 Å². The second-order valence-electron chi connectivity index (χ2n) is 7.65. The molecule has 7 nitrogen and oxygen atoms in total. The van der Waals surface area contributed by atoms with E-state index in [0.717, 1.165) is 5.56 Å². The van der Waals surface area contributed by atoms with E-state index in [-0.39, 0.29) is 23.6 Å². The molecule has 0 unspecified atom stereocenters. The van der Waals surface area contributed by atoms with E-state index >= 15 is 0 Å². The lowest BCUT2D eigenvalue weighted by atomic mass is 9.99. The summed E-state index contributed by atoms with van der Waals surface area (Å²) < 4.78 is 0. The van der Waals surface area contributed by atoms with Gasteiger partial charge in [-0.05, 0) is 24.8 Å². The Hall–Kier alpha value is -2.41. The Balaban J connectivity index is 3.20. The maximum absolute atomic E-state index is 13.4. The van der Waals surface area contributed by atoms with Gasteiger partial charge >= 0.3 is 0 Å². The zero-order chi connectivity index (χ0) is 21.4. The fourth-order valence-electron chi connectivity index (χ4n) is 3.14. The van der Waals surface area contributed by atoms with Gasteiger partial charge in [-0.1, -0.05) is 44.2 Å². The summed E-state index contributed by atoms with van der Waals surface area (Å²) in [6.07, 6.45) is 0.881. The smallest absolute Gasteiger partial charge is 0.246 e. The summed E-state index contributed by atoms with van der Waals surface area (Å²) in [5, 5.41) is 2.63. The highest BCUT2D eigenvalue weighted by Gasteiger charge is 2.35. The van der Waals surface area contributed by atoms with E-state index in [9.17, 15) is 14.4 Å². The summed E-state index contributed by atoms with van der Waals surface area (Å²) in [4.78, 5) is 41.1. The lowest BCUT2D eigenvalue weighted by molar-refractivity contribution is -0.148. The van der Waals surface area contributed by atoms with Crippen LogP contribution in [0.3, 0.4) is 0 Å². The van der Waals surface area contributed by atoms with E-state index in [0.29, 0.717) is 12.8 Å². The molecule has 0 saturated carbocycles. The van der Waals surface area contributed by atoms with E-state index in [2.05, 4.69) is 5.32 Å². The SMILES string of the molecule is CNC(=O)[C@H](CC(C)C)N(C)C(=O)[C@H](Cc1ccccc1)N(C)C(=O)[C@H](C)N. The first-order chi connectivity index (χ1) is 13.1. The number of carbonyl (C=O) groups excluding carboxylic acids is 3. The number of amides is 3. The van der Waals surface area contributed by atoms with Crippen LogP contribution in [0.2, 0.25) is 0 Å². The van der Waals surface area contributed by atoms with E-state index in [1.165, 1.54) is 9.80 Å². The standard InChI is InChI=1S/C21H34N4O3/c1-14(2)12-17(19(26)23-4)24(5)21(28)18(25(6)20(27)15(3)22)13-16-10-8-7-9-11-16/h7-11,14-15,17-18H,12-13,22H2,1-6H3,(H,23,26)/t15-,17-,18-/m0/s1. The predicted octanol–water partition coefficient (Wildman–Crippen LogP) is 1.02. The highest BCUT2D eigenvalue weighted by atomic mass is 16.2. The Bertz CT molecular complexity index is 661. The predicted molar refractivity (Wildman–Crippen MR) is 110 cm³/mol. The quantitative estimate of drug-likeness (QED) is 0.658. The van der Waals surface area contributed by atoms with Gasteiger partial charge < -0.3 is 20.9 Å². The molecule has 0 aliphatic carbocycles. The lowest BCUT2D eigenvalue weighted by Gasteiger charge is -2.35. The van der Waals surface area contributed by atoms with E-state index in [1.807, 2.05) is 44.2 Å². The van der Waals surface area contributed by atoms with Crippen LogP contribution in [0, 0.1) is 5.92 Å². The number of likely N-dealkylation sites (N-methyl/N-ethyl adjacent to an activating group) is 3. The van der Waals surface area contributed by atoms with Gasteiger partial charge in [0.1, 0.15) is 12.1 Å². The van der Waals surface area contributed by atoms with Crippen molar-refractivity contribution in [1.82, 2.24) is 15.1 Å². The molecule has 1 aromatic carbocycles. The van der Waals surface area contributed by atoms with Gasteiger partial charge in [-0.25, -0.2) is 0 Å². The van der Waals surface area contributed by atoms with Gasteiger partial charge in [0.05, 0.1) is 6.04 Å². The fourth-order valence-corrected chi connectivity index (χ4v) is 3.14. The summed E-state index contributed by atoms with van der Waals surface area (Å²) in [5.74, 6) is -0.588. The van der Waals surface area contributed by atoms with Crippen molar-refractivity contribution >= 4 is 17.7 Å². The summed E-state index contributed by atoms with van der Waals surface area (Å²) in [7, 11) is 4.76. The Morgan fingerprint density at radius 3 is 1.96 bits per heavy atom. The molecule has 3 amide bonds. The molecule has 0 heterocycles. The number of rotatable bonds is 9. The van der Waals surface area contributed by atoms with Crippen LogP contribution >= 0.6 is 0 Å². The maximum Gasteiger partial charge on any atom is 0.246 e. The van der Waals surface area contributed by atoms with Gasteiger partial charge in [0.25, 0.3) is 0 Å². The minimum Gasteiger partial charge on any atom is -0.357 e. The van der Waals surface area contributed by atoms with Crippen LogP contribution in [-0.2, 0) is 20.8 Å². The summed E-state index contributed by atoms with van der Waals surface area (Å²) in [5.41, 5.74) is 6.69. The van der Waals surface area contributed by atoms with Crippen LogP contribution in [-0.4, -0.2) is 66.8 Å². The molecular weight excluding hydrogens is 356 g/mol. The van der Waals surface area contributed by atoms with E-state index in [1.54, 1.807) is 28.1 Å². The largest absolute Gasteiger partial charge is 0.357 e. The second kappa shape index (κ2) is 10.8. The van der Waals surface area contributed by atoms with Crippen molar-refractivity contribution in [2.24, 2.45) is 11.7 Å². The van der Waals surface area contributed by atoms with E-state index in [4.69, 9.17) is 5.73 Å². The van der Waals surface area contributed by atoms with Gasteiger partial charge in [-0.15, -0.1) is 0 Å². The lowest BCUT2D eigenvalue weighted by Crippen LogP contribution is -2.57.